The Kier molecular flexibility index (Phi) is 6.24. The number of anilines is 2. The van der Waals surface area contributed by atoms with Crippen LogP contribution in [0.1, 0.15) is 21.3 Å². The zero-order chi connectivity index (χ0) is 24.6. The number of para-hydroxylation sites is 1. The largest absolute Gasteiger partial charge is 0.368 e. The SMILES string of the molecule is C[C@@H]1CN(c2ccc(S(=O)(=O)Nc3nccs3)cc2)CCN1C(=O)[C@H](C)n1ccc2ccccc21.[HH]. The van der Waals surface area contributed by atoms with Crippen molar-refractivity contribution in [2.75, 3.05) is 29.3 Å². The van der Waals surface area contributed by atoms with Crippen LogP contribution in [-0.4, -0.2) is 54.5 Å². The summed E-state index contributed by atoms with van der Waals surface area (Å²) in [7, 11) is -3.68. The normalized spacial score (nSPS) is 17.5. The van der Waals surface area contributed by atoms with Crippen LogP contribution in [0.5, 0.6) is 0 Å². The molecule has 1 amide bonds. The van der Waals surface area contributed by atoms with Gasteiger partial charge in [-0.25, -0.2) is 13.4 Å². The highest BCUT2D eigenvalue weighted by Gasteiger charge is 2.31. The summed E-state index contributed by atoms with van der Waals surface area (Å²) in [4.78, 5) is 21.7. The van der Waals surface area contributed by atoms with E-state index in [-0.39, 0.29) is 24.3 Å². The summed E-state index contributed by atoms with van der Waals surface area (Å²) in [5.41, 5.74) is 1.99. The highest BCUT2D eigenvalue weighted by atomic mass is 32.2. The number of nitrogens with zero attached hydrogens (tertiary/aromatic N) is 4. The van der Waals surface area contributed by atoms with E-state index in [9.17, 15) is 13.2 Å². The fourth-order valence-electron chi connectivity index (χ4n) is 4.60. The van der Waals surface area contributed by atoms with Gasteiger partial charge in [0.15, 0.2) is 5.13 Å². The fourth-order valence-corrected chi connectivity index (χ4v) is 6.39. The van der Waals surface area contributed by atoms with Crippen LogP contribution in [0.25, 0.3) is 10.9 Å². The second-order valence-corrected chi connectivity index (χ2v) is 11.3. The summed E-state index contributed by atoms with van der Waals surface area (Å²) < 4.78 is 29.7. The summed E-state index contributed by atoms with van der Waals surface area (Å²) >= 11 is 1.23. The van der Waals surface area contributed by atoms with Gasteiger partial charge in [0.2, 0.25) is 5.91 Å². The number of hydrogen-bond acceptors (Lipinski definition) is 6. The number of rotatable bonds is 6. The van der Waals surface area contributed by atoms with Crippen LogP contribution < -0.4 is 9.62 Å². The Labute approximate surface area is 210 Å². The Hall–Kier alpha value is -3.37. The number of fused-ring (bicyclic) bond motifs is 1. The maximum Gasteiger partial charge on any atom is 0.263 e. The number of piperazine rings is 1. The first-order chi connectivity index (χ1) is 16.8. The number of sulfonamides is 1. The van der Waals surface area contributed by atoms with Crippen molar-refractivity contribution in [3.05, 3.63) is 72.4 Å². The molecule has 1 aliphatic heterocycles. The quantitative estimate of drug-likeness (QED) is 0.413. The van der Waals surface area contributed by atoms with E-state index in [0.29, 0.717) is 24.8 Å². The summed E-state index contributed by atoms with van der Waals surface area (Å²) in [6.45, 7) is 5.97. The van der Waals surface area contributed by atoms with Crippen LogP contribution in [0.15, 0.2) is 77.3 Å². The van der Waals surface area contributed by atoms with Crippen molar-refractivity contribution in [1.82, 2.24) is 14.5 Å². The molecule has 0 aliphatic carbocycles. The molecule has 35 heavy (non-hydrogen) atoms. The minimum atomic E-state index is -3.68. The van der Waals surface area contributed by atoms with E-state index in [2.05, 4.69) is 27.6 Å². The number of thiazole rings is 1. The fraction of sp³-hybridized carbons (Fsp3) is 0.280. The van der Waals surface area contributed by atoms with Gasteiger partial charge in [0, 0.05) is 56.1 Å². The van der Waals surface area contributed by atoms with E-state index in [4.69, 9.17) is 0 Å². The zero-order valence-corrected chi connectivity index (χ0v) is 21.2. The monoisotopic (exact) mass is 511 g/mol. The molecule has 2 aromatic carbocycles. The first-order valence-electron chi connectivity index (χ1n) is 11.5. The predicted molar refractivity (Wildman–Crippen MR) is 142 cm³/mol. The molecular weight excluding hydrogens is 482 g/mol. The lowest BCUT2D eigenvalue weighted by atomic mass is 10.1. The van der Waals surface area contributed by atoms with Crippen LogP contribution in [-0.2, 0) is 14.8 Å². The maximum atomic E-state index is 13.4. The standard InChI is InChI=1S/C25H27N5O3S2.H2/c1-18-17-28(21-7-9-22(10-8-21)35(32,33)27-25-26-12-16-34-25)14-15-29(18)24(31)19(2)30-13-11-20-5-3-4-6-23(20)30;/h3-13,16,18-19H,14-15,17H2,1-2H3,(H,26,27);1H/t18-,19+;/m1./s1. The Morgan fingerprint density at radius 2 is 1.91 bits per heavy atom. The smallest absolute Gasteiger partial charge is 0.263 e. The van der Waals surface area contributed by atoms with Crippen LogP contribution in [0.2, 0.25) is 0 Å². The van der Waals surface area contributed by atoms with E-state index in [1.807, 2.05) is 59.0 Å². The molecule has 2 aromatic heterocycles. The van der Waals surface area contributed by atoms with E-state index in [1.165, 1.54) is 11.3 Å². The van der Waals surface area contributed by atoms with Crippen LogP contribution in [0.3, 0.4) is 0 Å². The molecule has 8 nitrogen and oxygen atoms in total. The molecule has 184 valence electrons. The molecule has 1 N–H and O–H groups in total. The molecule has 1 aliphatic rings. The molecule has 0 spiro atoms. The number of carbonyl (C=O) groups excluding carboxylic acids is 1. The first kappa shape index (κ1) is 23.4. The van der Waals surface area contributed by atoms with Crippen LogP contribution in [0, 0.1) is 0 Å². The average Bonchev–Trinajstić information content (AvgIpc) is 3.53. The molecule has 5 rings (SSSR count). The van der Waals surface area contributed by atoms with E-state index < -0.39 is 10.0 Å². The molecule has 0 bridgehead atoms. The Balaban J connectivity index is 0.00000304. The molecule has 0 unspecified atom stereocenters. The van der Waals surface area contributed by atoms with Gasteiger partial charge in [0.1, 0.15) is 6.04 Å². The lowest BCUT2D eigenvalue weighted by Crippen LogP contribution is -2.55. The lowest BCUT2D eigenvalue weighted by Gasteiger charge is -2.42. The molecule has 1 fully saturated rings. The van der Waals surface area contributed by atoms with Crippen molar-refractivity contribution in [2.24, 2.45) is 0 Å². The van der Waals surface area contributed by atoms with Crippen molar-refractivity contribution in [3.8, 4) is 0 Å². The third-order valence-corrected chi connectivity index (χ3v) is 8.65. The highest BCUT2D eigenvalue weighted by molar-refractivity contribution is 7.93. The maximum absolute atomic E-state index is 13.4. The highest BCUT2D eigenvalue weighted by Crippen LogP contribution is 2.26. The molecule has 3 heterocycles. The number of carbonyl (C=O) groups is 1. The van der Waals surface area contributed by atoms with Crippen molar-refractivity contribution in [1.29, 1.82) is 0 Å². The Morgan fingerprint density at radius 1 is 1.14 bits per heavy atom. The summed E-state index contributed by atoms with van der Waals surface area (Å²) in [5, 5.41) is 3.18. The summed E-state index contributed by atoms with van der Waals surface area (Å²) in [6, 6.07) is 16.7. The van der Waals surface area contributed by atoms with Crippen molar-refractivity contribution < 1.29 is 14.6 Å². The van der Waals surface area contributed by atoms with Crippen molar-refractivity contribution in [3.63, 3.8) is 0 Å². The van der Waals surface area contributed by atoms with Gasteiger partial charge in [0.25, 0.3) is 10.0 Å². The number of nitrogens with one attached hydrogen (secondary N) is 1. The molecule has 2 atom stereocenters. The summed E-state index contributed by atoms with van der Waals surface area (Å²) in [6.07, 6.45) is 3.53. The molecular formula is C25H29N5O3S2. The molecule has 0 radical (unpaired) electrons. The van der Waals surface area contributed by atoms with Gasteiger partial charge in [0.05, 0.1) is 4.90 Å². The van der Waals surface area contributed by atoms with E-state index in [1.54, 1.807) is 23.7 Å². The van der Waals surface area contributed by atoms with Gasteiger partial charge in [-0.2, -0.15) is 0 Å². The van der Waals surface area contributed by atoms with Gasteiger partial charge < -0.3 is 14.4 Å². The predicted octanol–water partition coefficient (Wildman–Crippen LogP) is 4.44. The topological polar surface area (TPSA) is 87.5 Å². The first-order valence-corrected chi connectivity index (χ1v) is 13.8. The lowest BCUT2D eigenvalue weighted by molar-refractivity contribution is -0.136. The number of benzene rings is 2. The van der Waals surface area contributed by atoms with E-state index >= 15 is 0 Å². The summed E-state index contributed by atoms with van der Waals surface area (Å²) in [5.74, 6) is 0.105. The van der Waals surface area contributed by atoms with E-state index in [0.717, 1.165) is 16.6 Å². The number of amides is 1. The molecule has 1 saturated heterocycles. The Morgan fingerprint density at radius 3 is 2.63 bits per heavy atom. The third-order valence-electron chi connectivity index (χ3n) is 6.48. The minimum Gasteiger partial charge on any atom is -0.368 e. The van der Waals surface area contributed by atoms with Crippen molar-refractivity contribution in [2.45, 2.75) is 30.8 Å². The molecule has 0 saturated carbocycles. The molecule has 10 heteroatoms. The average molecular weight is 512 g/mol. The zero-order valence-electron chi connectivity index (χ0n) is 19.5. The van der Waals surface area contributed by atoms with Crippen LogP contribution >= 0.6 is 11.3 Å². The van der Waals surface area contributed by atoms with Gasteiger partial charge >= 0.3 is 0 Å². The second-order valence-electron chi connectivity index (χ2n) is 8.72. The number of aromatic nitrogens is 2. The van der Waals surface area contributed by atoms with Crippen LogP contribution in [0.4, 0.5) is 10.8 Å². The van der Waals surface area contributed by atoms with Gasteiger partial charge in [-0.15, -0.1) is 11.3 Å². The van der Waals surface area contributed by atoms with Gasteiger partial charge in [-0.3, -0.25) is 9.52 Å². The number of hydrogen-bond donors (Lipinski definition) is 1. The molecule has 4 aromatic rings. The van der Waals surface area contributed by atoms with Gasteiger partial charge in [-0.05, 0) is 55.6 Å². The second kappa shape index (κ2) is 9.35. The minimum absolute atomic E-state index is 0. The Bertz CT molecular complexity index is 1440. The van der Waals surface area contributed by atoms with Crippen molar-refractivity contribution >= 4 is 49.0 Å². The van der Waals surface area contributed by atoms with Gasteiger partial charge in [-0.1, -0.05) is 18.2 Å². The third kappa shape index (κ3) is 4.63.